The summed E-state index contributed by atoms with van der Waals surface area (Å²) in [5, 5.41) is 6.45. The van der Waals surface area contributed by atoms with Crippen LogP contribution in [0, 0.1) is 0 Å². The van der Waals surface area contributed by atoms with E-state index in [4.69, 9.17) is 4.52 Å². The number of alkyl halides is 2. The summed E-state index contributed by atoms with van der Waals surface area (Å²) in [5.74, 6) is -2.14. The van der Waals surface area contributed by atoms with Gasteiger partial charge >= 0.3 is 0 Å². The fourth-order valence-corrected chi connectivity index (χ4v) is 1.89. The molecule has 1 aliphatic rings. The van der Waals surface area contributed by atoms with E-state index in [2.05, 4.69) is 20.4 Å². The molecule has 19 heavy (non-hydrogen) atoms. The highest BCUT2D eigenvalue weighted by Gasteiger charge is 2.42. The molecule has 0 amide bonds. The normalized spacial score (nSPS) is 21.1. The molecule has 0 bridgehead atoms. The van der Waals surface area contributed by atoms with Crippen LogP contribution in [0.1, 0.15) is 18.4 Å². The lowest BCUT2D eigenvalue weighted by Gasteiger charge is -2.04. The molecule has 1 aliphatic heterocycles. The molecule has 102 valence electrons. The number of nitrogens with one attached hydrogen (secondary N) is 1. The van der Waals surface area contributed by atoms with Crippen LogP contribution < -0.4 is 5.32 Å². The minimum Gasteiger partial charge on any atom is -0.337 e. The molecular weight excluding hydrogens is 278 g/mol. The molecule has 1 N–H and O–H groups in total. The molecule has 0 aromatic carbocycles. The molecule has 5 nitrogen and oxygen atoms in total. The Morgan fingerprint density at radius 2 is 2.05 bits per heavy atom. The molecule has 1 fully saturated rings. The zero-order chi connectivity index (χ0) is 12.6. The third-order valence-corrected chi connectivity index (χ3v) is 2.79. The van der Waals surface area contributed by atoms with Crippen LogP contribution in [0.25, 0.3) is 11.4 Å². The molecule has 0 spiro atoms. The Morgan fingerprint density at radius 3 is 2.68 bits per heavy atom. The van der Waals surface area contributed by atoms with Gasteiger partial charge in [-0.3, -0.25) is 10.3 Å². The van der Waals surface area contributed by atoms with Crippen molar-refractivity contribution < 1.29 is 13.3 Å². The highest BCUT2D eigenvalue weighted by Crippen LogP contribution is 2.33. The number of hydrogen-bond acceptors (Lipinski definition) is 5. The van der Waals surface area contributed by atoms with Gasteiger partial charge in [0.25, 0.3) is 5.92 Å². The van der Waals surface area contributed by atoms with Gasteiger partial charge in [-0.05, 0) is 12.1 Å². The van der Waals surface area contributed by atoms with Crippen LogP contribution in [0.2, 0.25) is 0 Å². The Hall–Kier alpha value is -1.60. The first-order valence-corrected chi connectivity index (χ1v) is 5.49. The molecule has 1 unspecified atom stereocenters. The Morgan fingerprint density at radius 1 is 1.32 bits per heavy atom. The summed E-state index contributed by atoms with van der Waals surface area (Å²) in [7, 11) is 0. The zero-order valence-corrected chi connectivity index (χ0v) is 10.5. The summed E-state index contributed by atoms with van der Waals surface area (Å²) in [6.07, 6.45) is 2.89. The average molecular weight is 289 g/mol. The van der Waals surface area contributed by atoms with Crippen LogP contribution in [-0.4, -0.2) is 27.6 Å². The Balaban J connectivity index is 0.00000133. The number of rotatable bonds is 2. The molecule has 0 aliphatic carbocycles. The quantitative estimate of drug-likeness (QED) is 0.918. The van der Waals surface area contributed by atoms with E-state index in [9.17, 15) is 8.78 Å². The minimum absolute atomic E-state index is 0. The summed E-state index contributed by atoms with van der Waals surface area (Å²) in [6, 6.07) is 2.87. The first-order valence-electron chi connectivity index (χ1n) is 5.49. The van der Waals surface area contributed by atoms with E-state index in [-0.39, 0.29) is 31.3 Å². The molecule has 2 aromatic heterocycles. The molecule has 8 heteroatoms. The monoisotopic (exact) mass is 288 g/mol. The predicted octanol–water partition coefficient (Wildman–Crippen LogP) is 2.22. The van der Waals surface area contributed by atoms with Crippen LogP contribution in [0.15, 0.2) is 29.0 Å². The standard InChI is InChI=1S/C11H10F2N4O.ClH/c12-11(13)5-8(15-6-11)10-16-9(17-18-10)7-1-3-14-4-2-7;/h1-4,8,15H,5-6H2;1H. The second kappa shape index (κ2) is 5.18. The van der Waals surface area contributed by atoms with E-state index in [1.54, 1.807) is 24.5 Å². The lowest BCUT2D eigenvalue weighted by molar-refractivity contribution is 0.0200. The predicted molar refractivity (Wildman–Crippen MR) is 65.1 cm³/mol. The van der Waals surface area contributed by atoms with Gasteiger partial charge in [0.05, 0.1) is 12.6 Å². The molecule has 0 saturated carbocycles. The SMILES string of the molecule is Cl.FC1(F)CNC(c2nc(-c3ccncc3)no2)C1. The van der Waals surface area contributed by atoms with Crippen LogP contribution in [-0.2, 0) is 0 Å². The van der Waals surface area contributed by atoms with Gasteiger partial charge < -0.3 is 4.52 Å². The molecule has 1 saturated heterocycles. The van der Waals surface area contributed by atoms with Gasteiger partial charge in [0, 0.05) is 24.4 Å². The summed E-state index contributed by atoms with van der Waals surface area (Å²) in [5.41, 5.74) is 0.741. The first kappa shape index (κ1) is 13.8. The van der Waals surface area contributed by atoms with E-state index in [1.165, 1.54) is 0 Å². The smallest absolute Gasteiger partial charge is 0.262 e. The second-order valence-electron chi connectivity index (χ2n) is 4.19. The zero-order valence-electron chi connectivity index (χ0n) is 9.72. The van der Waals surface area contributed by atoms with E-state index in [0.29, 0.717) is 5.82 Å². The van der Waals surface area contributed by atoms with Gasteiger partial charge in [-0.1, -0.05) is 5.16 Å². The van der Waals surface area contributed by atoms with Crippen LogP contribution in [0.3, 0.4) is 0 Å². The first-order chi connectivity index (χ1) is 8.64. The van der Waals surface area contributed by atoms with Gasteiger partial charge in [-0.25, -0.2) is 8.78 Å². The highest BCUT2D eigenvalue weighted by molar-refractivity contribution is 5.85. The summed E-state index contributed by atoms with van der Waals surface area (Å²) >= 11 is 0. The second-order valence-corrected chi connectivity index (χ2v) is 4.19. The molecule has 1 atom stereocenters. The fraction of sp³-hybridized carbons (Fsp3) is 0.364. The van der Waals surface area contributed by atoms with Crippen molar-refractivity contribution in [3.05, 3.63) is 30.4 Å². The lowest BCUT2D eigenvalue weighted by Crippen LogP contribution is -2.19. The van der Waals surface area contributed by atoms with Crippen molar-refractivity contribution in [3.63, 3.8) is 0 Å². The maximum Gasteiger partial charge on any atom is 0.262 e. The van der Waals surface area contributed by atoms with Crippen LogP contribution in [0.4, 0.5) is 8.78 Å². The number of nitrogens with zero attached hydrogens (tertiary/aromatic N) is 3. The fourth-order valence-electron chi connectivity index (χ4n) is 1.89. The molecule has 0 radical (unpaired) electrons. The Kier molecular flexibility index (Phi) is 3.77. The van der Waals surface area contributed by atoms with Crippen molar-refractivity contribution in [1.29, 1.82) is 0 Å². The number of halogens is 3. The van der Waals surface area contributed by atoms with E-state index < -0.39 is 12.0 Å². The topological polar surface area (TPSA) is 63.8 Å². The lowest BCUT2D eigenvalue weighted by atomic mass is 10.2. The molecular formula is C11H11ClF2N4O. The van der Waals surface area contributed by atoms with E-state index in [1.807, 2.05) is 0 Å². The maximum atomic E-state index is 13.0. The Bertz CT molecular complexity index is 549. The highest BCUT2D eigenvalue weighted by atomic mass is 35.5. The van der Waals surface area contributed by atoms with Crippen LogP contribution in [0.5, 0.6) is 0 Å². The summed E-state index contributed by atoms with van der Waals surface area (Å²) in [4.78, 5) is 8.00. The largest absolute Gasteiger partial charge is 0.337 e. The molecule has 3 rings (SSSR count). The number of pyridine rings is 1. The van der Waals surface area contributed by atoms with Crippen molar-refractivity contribution >= 4 is 12.4 Å². The molecule has 2 aromatic rings. The minimum atomic E-state index is -2.71. The van der Waals surface area contributed by atoms with Crippen molar-refractivity contribution in [2.75, 3.05) is 6.54 Å². The average Bonchev–Trinajstić information content (AvgIpc) is 2.96. The Labute approximate surface area is 113 Å². The maximum absolute atomic E-state index is 13.0. The van der Waals surface area contributed by atoms with Crippen LogP contribution >= 0.6 is 12.4 Å². The molecule has 3 heterocycles. The van der Waals surface area contributed by atoms with Gasteiger partial charge in [-0.2, -0.15) is 4.98 Å². The van der Waals surface area contributed by atoms with Gasteiger partial charge in [0.1, 0.15) is 0 Å². The number of hydrogen-bond donors (Lipinski definition) is 1. The third kappa shape index (κ3) is 2.87. The summed E-state index contributed by atoms with van der Waals surface area (Å²) in [6.45, 7) is -0.357. The van der Waals surface area contributed by atoms with Crippen molar-refractivity contribution in [2.24, 2.45) is 0 Å². The van der Waals surface area contributed by atoms with Crippen molar-refractivity contribution in [3.8, 4) is 11.4 Å². The van der Waals surface area contributed by atoms with Crippen molar-refractivity contribution in [1.82, 2.24) is 20.4 Å². The van der Waals surface area contributed by atoms with Gasteiger partial charge in [0.2, 0.25) is 11.7 Å². The van der Waals surface area contributed by atoms with E-state index in [0.717, 1.165) is 5.56 Å². The summed E-state index contributed by atoms with van der Waals surface area (Å²) < 4.78 is 31.1. The van der Waals surface area contributed by atoms with Crippen molar-refractivity contribution in [2.45, 2.75) is 18.4 Å². The van der Waals surface area contributed by atoms with Gasteiger partial charge in [0.15, 0.2) is 0 Å². The number of aromatic nitrogens is 3. The van der Waals surface area contributed by atoms with E-state index >= 15 is 0 Å². The van der Waals surface area contributed by atoms with Gasteiger partial charge in [-0.15, -0.1) is 12.4 Å². The third-order valence-electron chi connectivity index (χ3n) is 2.79.